The minimum atomic E-state index is -0.0979. The molecule has 152 valence electrons. The molecule has 0 bridgehead atoms. The highest BCUT2D eigenvalue weighted by molar-refractivity contribution is 5.76. The number of piperidine rings is 1. The first-order valence-electron chi connectivity index (χ1n) is 11.3. The Balaban J connectivity index is 1.60. The molecular formula is C24H39NO2. The molecule has 0 saturated carbocycles. The molecule has 0 spiro atoms. The highest BCUT2D eigenvalue weighted by atomic mass is 16.5. The van der Waals surface area contributed by atoms with Gasteiger partial charge in [-0.2, -0.15) is 0 Å². The lowest BCUT2D eigenvalue weighted by molar-refractivity contribution is -0.186. The van der Waals surface area contributed by atoms with Gasteiger partial charge in [-0.25, -0.2) is 5.06 Å². The van der Waals surface area contributed by atoms with E-state index < -0.39 is 0 Å². The number of hydrogen-bond acceptors (Lipinski definition) is 2. The number of unbranched alkanes of at least 4 members (excludes halogenated alkanes) is 9. The molecule has 1 aromatic rings. The van der Waals surface area contributed by atoms with Gasteiger partial charge in [0, 0.05) is 6.42 Å². The average molecular weight is 374 g/mol. The van der Waals surface area contributed by atoms with Crippen LogP contribution >= 0.6 is 0 Å². The zero-order valence-corrected chi connectivity index (χ0v) is 17.2. The maximum absolute atomic E-state index is 12.2. The standard InChI is InChI=1S/C24H39NO2/c1-2-3-4-5-6-7-8-9-10-14-17-23-19-22(20-24(26)25(23)27)18-21-15-12-11-13-16-21/h11-13,15-16,22-23,27H,2-10,14,17-20H2,1H3/t22-,23-/m1/s1. The average Bonchev–Trinajstić information content (AvgIpc) is 2.67. The first-order chi connectivity index (χ1) is 13.2. The van der Waals surface area contributed by atoms with Gasteiger partial charge in [-0.1, -0.05) is 101 Å². The molecule has 0 aliphatic carbocycles. The number of benzene rings is 1. The van der Waals surface area contributed by atoms with Crippen LogP contribution in [0.2, 0.25) is 0 Å². The largest absolute Gasteiger partial charge is 0.286 e. The van der Waals surface area contributed by atoms with Crippen LogP contribution in [0.4, 0.5) is 0 Å². The fourth-order valence-corrected chi connectivity index (χ4v) is 4.32. The van der Waals surface area contributed by atoms with Gasteiger partial charge in [-0.3, -0.25) is 10.0 Å². The van der Waals surface area contributed by atoms with Crippen LogP contribution in [0.3, 0.4) is 0 Å². The van der Waals surface area contributed by atoms with Crippen molar-refractivity contribution in [3.8, 4) is 0 Å². The molecule has 2 rings (SSSR count). The predicted octanol–water partition coefficient (Wildman–Crippen LogP) is 6.54. The summed E-state index contributed by atoms with van der Waals surface area (Å²) in [6.07, 6.45) is 16.4. The van der Waals surface area contributed by atoms with E-state index in [0.29, 0.717) is 12.3 Å². The third-order valence-corrected chi connectivity index (χ3v) is 5.93. The first kappa shape index (κ1) is 21.9. The molecule has 2 atom stereocenters. The van der Waals surface area contributed by atoms with Crippen molar-refractivity contribution in [3.63, 3.8) is 0 Å². The predicted molar refractivity (Wildman–Crippen MR) is 112 cm³/mol. The fourth-order valence-electron chi connectivity index (χ4n) is 4.32. The van der Waals surface area contributed by atoms with Crippen LogP contribution in [0.15, 0.2) is 30.3 Å². The van der Waals surface area contributed by atoms with E-state index in [4.69, 9.17) is 0 Å². The van der Waals surface area contributed by atoms with Gasteiger partial charge in [0.05, 0.1) is 6.04 Å². The molecule has 1 N–H and O–H groups in total. The van der Waals surface area contributed by atoms with Gasteiger partial charge in [-0.05, 0) is 30.7 Å². The zero-order chi connectivity index (χ0) is 19.3. The van der Waals surface area contributed by atoms with Gasteiger partial charge in [-0.15, -0.1) is 0 Å². The Morgan fingerprint density at radius 2 is 1.52 bits per heavy atom. The van der Waals surface area contributed by atoms with Crippen molar-refractivity contribution in [2.24, 2.45) is 5.92 Å². The monoisotopic (exact) mass is 373 g/mol. The highest BCUT2D eigenvalue weighted by Crippen LogP contribution is 2.29. The van der Waals surface area contributed by atoms with Crippen molar-refractivity contribution in [2.45, 2.75) is 103 Å². The maximum Gasteiger partial charge on any atom is 0.246 e. The molecule has 1 fully saturated rings. The Hall–Kier alpha value is -1.35. The van der Waals surface area contributed by atoms with Crippen molar-refractivity contribution >= 4 is 5.91 Å². The summed E-state index contributed by atoms with van der Waals surface area (Å²) in [6.45, 7) is 2.26. The normalized spacial score (nSPS) is 20.2. The summed E-state index contributed by atoms with van der Waals surface area (Å²) >= 11 is 0. The van der Waals surface area contributed by atoms with Crippen molar-refractivity contribution in [1.29, 1.82) is 0 Å². The summed E-state index contributed by atoms with van der Waals surface area (Å²) in [5.74, 6) is 0.260. The van der Waals surface area contributed by atoms with Crippen LogP contribution in [0.5, 0.6) is 0 Å². The number of nitrogens with zero attached hydrogens (tertiary/aromatic N) is 1. The first-order valence-corrected chi connectivity index (χ1v) is 11.3. The molecule has 0 radical (unpaired) electrons. The molecule has 1 saturated heterocycles. The maximum atomic E-state index is 12.2. The van der Waals surface area contributed by atoms with Gasteiger partial charge in [0.2, 0.25) is 5.91 Å². The Morgan fingerprint density at radius 3 is 2.15 bits per heavy atom. The molecule has 1 amide bonds. The Bertz CT molecular complexity index is 516. The highest BCUT2D eigenvalue weighted by Gasteiger charge is 2.32. The second-order valence-corrected chi connectivity index (χ2v) is 8.36. The van der Waals surface area contributed by atoms with Gasteiger partial charge < -0.3 is 0 Å². The smallest absolute Gasteiger partial charge is 0.246 e. The summed E-state index contributed by atoms with van der Waals surface area (Å²) < 4.78 is 0. The van der Waals surface area contributed by atoms with E-state index in [0.717, 1.165) is 30.7 Å². The molecule has 1 aliphatic rings. The molecule has 27 heavy (non-hydrogen) atoms. The number of carbonyl (C=O) groups is 1. The van der Waals surface area contributed by atoms with Gasteiger partial charge >= 0.3 is 0 Å². The van der Waals surface area contributed by atoms with E-state index in [1.165, 1.54) is 63.4 Å². The van der Waals surface area contributed by atoms with Gasteiger partial charge in [0.15, 0.2) is 0 Å². The summed E-state index contributed by atoms with van der Waals surface area (Å²) in [5.41, 5.74) is 1.29. The number of carbonyl (C=O) groups excluding carboxylic acids is 1. The van der Waals surface area contributed by atoms with E-state index in [2.05, 4.69) is 31.2 Å². The van der Waals surface area contributed by atoms with E-state index in [1.807, 2.05) is 6.07 Å². The van der Waals surface area contributed by atoms with E-state index in [1.54, 1.807) is 0 Å². The van der Waals surface area contributed by atoms with Crippen molar-refractivity contribution in [2.75, 3.05) is 0 Å². The minimum absolute atomic E-state index is 0.00834. The number of hydroxylamine groups is 2. The summed E-state index contributed by atoms with van der Waals surface area (Å²) in [6, 6.07) is 10.4. The lowest BCUT2D eigenvalue weighted by atomic mass is 9.85. The number of rotatable bonds is 13. The SMILES string of the molecule is CCCCCCCCCCCC[C@@H]1C[C@@H](Cc2ccccc2)CC(=O)N1O. The molecule has 0 unspecified atom stereocenters. The van der Waals surface area contributed by atoms with Crippen LogP contribution in [0.1, 0.15) is 96.0 Å². The second-order valence-electron chi connectivity index (χ2n) is 8.36. The topological polar surface area (TPSA) is 40.5 Å². The second kappa shape index (κ2) is 12.9. The lowest BCUT2D eigenvalue weighted by Gasteiger charge is -2.35. The van der Waals surface area contributed by atoms with E-state index in [-0.39, 0.29) is 11.9 Å². The number of amides is 1. The zero-order valence-electron chi connectivity index (χ0n) is 17.2. The third-order valence-electron chi connectivity index (χ3n) is 5.93. The third kappa shape index (κ3) is 8.47. The lowest BCUT2D eigenvalue weighted by Crippen LogP contribution is -2.44. The van der Waals surface area contributed by atoms with Crippen molar-refractivity contribution in [1.82, 2.24) is 5.06 Å². The van der Waals surface area contributed by atoms with E-state index >= 15 is 0 Å². The van der Waals surface area contributed by atoms with Gasteiger partial charge in [0.1, 0.15) is 0 Å². The molecule has 3 heteroatoms. The molecule has 1 aromatic carbocycles. The van der Waals surface area contributed by atoms with Crippen LogP contribution in [0, 0.1) is 5.92 Å². The Kier molecular flexibility index (Phi) is 10.5. The molecule has 0 aromatic heterocycles. The van der Waals surface area contributed by atoms with Crippen LogP contribution in [-0.2, 0) is 11.2 Å². The molecule has 3 nitrogen and oxygen atoms in total. The van der Waals surface area contributed by atoms with E-state index in [9.17, 15) is 10.0 Å². The van der Waals surface area contributed by atoms with Crippen LogP contribution < -0.4 is 0 Å². The van der Waals surface area contributed by atoms with Crippen molar-refractivity contribution < 1.29 is 10.0 Å². The van der Waals surface area contributed by atoms with Crippen molar-refractivity contribution in [3.05, 3.63) is 35.9 Å². The fraction of sp³-hybridized carbons (Fsp3) is 0.708. The van der Waals surface area contributed by atoms with Crippen LogP contribution in [0.25, 0.3) is 0 Å². The molecule has 1 aliphatic heterocycles. The summed E-state index contributed by atoms with van der Waals surface area (Å²) in [5, 5.41) is 11.2. The molecular weight excluding hydrogens is 334 g/mol. The Morgan fingerprint density at radius 1 is 0.926 bits per heavy atom. The minimum Gasteiger partial charge on any atom is -0.286 e. The molecule has 1 heterocycles. The Labute approximate surface area is 166 Å². The van der Waals surface area contributed by atoms with Crippen LogP contribution in [-0.4, -0.2) is 22.2 Å². The summed E-state index contributed by atoms with van der Waals surface area (Å²) in [4.78, 5) is 12.2. The number of hydrogen-bond donors (Lipinski definition) is 1. The van der Waals surface area contributed by atoms with Gasteiger partial charge in [0.25, 0.3) is 0 Å². The summed E-state index contributed by atoms with van der Waals surface area (Å²) in [7, 11) is 0. The quantitative estimate of drug-likeness (QED) is 0.315.